The number of aromatic nitrogens is 5. The van der Waals surface area contributed by atoms with E-state index in [4.69, 9.17) is 19.3 Å². The van der Waals surface area contributed by atoms with Crippen molar-refractivity contribution >= 4 is 34.4 Å². The van der Waals surface area contributed by atoms with Gasteiger partial charge >= 0.3 is 0 Å². The Morgan fingerprint density at radius 2 is 2.00 bits per heavy atom. The number of H-pyrrole nitrogens is 1. The summed E-state index contributed by atoms with van der Waals surface area (Å²) in [5, 5.41) is 14.4. The number of ether oxygens (including phenoxy) is 1. The topological polar surface area (TPSA) is 109 Å². The maximum absolute atomic E-state index is 5.53. The zero-order chi connectivity index (χ0) is 22.2. The summed E-state index contributed by atoms with van der Waals surface area (Å²) >= 11 is 0. The Labute approximate surface area is 188 Å². The van der Waals surface area contributed by atoms with Crippen LogP contribution in [0.1, 0.15) is 11.3 Å². The molecule has 0 bridgehead atoms. The number of rotatable bonds is 5. The summed E-state index contributed by atoms with van der Waals surface area (Å²) in [6.45, 7) is 4.74. The number of nitrogens with one attached hydrogen (secondary N) is 2. The van der Waals surface area contributed by atoms with Crippen LogP contribution in [-0.4, -0.2) is 57.3 Å². The lowest BCUT2D eigenvalue weighted by atomic mass is 10.2. The van der Waals surface area contributed by atoms with Crippen molar-refractivity contribution in [3.63, 3.8) is 0 Å². The monoisotopic (exact) mass is 442 g/mol. The largest absolute Gasteiger partial charge is 0.378 e. The first-order valence-electron chi connectivity index (χ1n) is 10.8. The molecule has 0 unspecified atom stereocenters. The molecule has 166 valence electrons. The van der Waals surface area contributed by atoms with Gasteiger partial charge in [-0.15, -0.1) is 0 Å². The normalized spacial score (nSPS) is 14.6. The van der Waals surface area contributed by atoms with E-state index in [2.05, 4.69) is 31.6 Å². The standard InChI is InChI=1S/C23H22N8O2/c1-15-10-20(29-33-15)19-11-22-26-21(12-23(31(22)28-19)30-6-8-32-9-7-30)27-25-14-16-13-24-18-5-3-2-4-17(16)18/h2-5,10-14,24H,6-9H2,1H3,(H,26,27)/b25-14-. The number of nitrogens with zero attached hydrogens (tertiary/aromatic N) is 6. The Balaban J connectivity index is 1.36. The van der Waals surface area contributed by atoms with E-state index in [1.807, 2.05) is 54.0 Å². The van der Waals surface area contributed by atoms with E-state index in [0.29, 0.717) is 36.1 Å². The van der Waals surface area contributed by atoms with Crippen LogP contribution in [-0.2, 0) is 4.74 Å². The molecule has 1 aromatic carbocycles. The molecule has 0 aliphatic carbocycles. The van der Waals surface area contributed by atoms with Crippen LogP contribution in [0.4, 0.5) is 11.6 Å². The molecule has 1 aliphatic heterocycles. The second-order valence-corrected chi connectivity index (χ2v) is 7.88. The van der Waals surface area contributed by atoms with Crippen LogP contribution in [0.25, 0.3) is 27.9 Å². The Morgan fingerprint density at radius 3 is 2.85 bits per heavy atom. The van der Waals surface area contributed by atoms with Crippen molar-refractivity contribution in [2.75, 3.05) is 36.6 Å². The maximum atomic E-state index is 5.53. The van der Waals surface area contributed by atoms with E-state index in [0.717, 1.165) is 41.1 Å². The zero-order valence-electron chi connectivity index (χ0n) is 18.0. The smallest absolute Gasteiger partial charge is 0.160 e. The highest BCUT2D eigenvalue weighted by Crippen LogP contribution is 2.26. The number of morpholine rings is 1. The van der Waals surface area contributed by atoms with Crippen molar-refractivity contribution in [1.29, 1.82) is 0 Å². The van der Waals surface area contributed by atoms with Gasteiger partial charge in [-0.1, -0.05) is 23.4 Å². The van der Waals surface area contributed by atoms with Crippen LogP contribution >= 0.6 is 0 Å². The number of aryl methyl sites for hydroxylation is 1. The summed E-state index contributed by atoms with van der Waals surface area (Å²) in [4.78, 5) is 10.2. The first-order valence-corrected chi connectivity index (χ1v) is 10.8. The molecule has 0 saturated carbocycles. The van der Waals surface area contributed by atoms with Gasteiger partial charge in [0, 0.05) is 54.0 Å². The summed E-state index contributed by atoms with van der Waals surface area (Å²) < 4.78 is 12.6. The first kappa shape index (κ1) is 19.5. The minimum atomic E-state index is 0.628. The molecule has 5 aromatic rings. The molecule has 1 saturated heterocycles. The minimum Gasteiger partial charge on any atom is -0.378 e. The predicted molar refractivity (Wildman–Crippen MR) is 126 cm³/mol. The highest BCUT2D eigenvalue weighted by Gasteiger charge is 2.19. The average Bonchev–Trinajstić information content (AvgIpc) is 3.57. The third-order valence-corrected chi connectivity index (χ3v) is 5.64. The maximum Gasteiger partial charge on any atom is 0.160 e. The molecule has 33 heavy (non-hydrogen) atoms. The van der Waals surface area contributed by atoms with Crippen LogP contribution in [0.15, 0.2) is 58.3 Å². The molecule has 0 atom stereocenters. The summed E-state index contributed by atoms with van der Waals surface area (Å²) in [7, 11) is 0. The van der Waals surface area contributed by atoms with Gasteiger partial charge in [0.1, 0.15) is 23.0 Å². The quantitative estimate of drug-likeness (QED) is 0.317. The van der Waals surface area contributed by atoms with E-state index < -0.39 is 0 Å². The van der Waals surface area contributed by atoms with Crippen LogP contribution in [0.5, 0.6) is 0 Å². The fourth-order valence-corrected chi connectivity index (χ4v) is 4.01. The van der Waals surface area contributed by atoms with E-state index in [-0.39, 0.29) is 0 Å². The van der Waals surface area contributed by atoms with Crippen LogP contribution in [0, 0.1) is 6.92 Å². The van der Waals surface area contributed by atoms with Gasteiger partial charge in [-0.2, -0.15) is 14.7 Å². The third kappa shape index (κ3) is 3.70. The highest BCUT2D eigenvalue weighted by atomic mass is 16.5. The third-order valence-electron chi connectivity index (χ3n) is 5.64. The molecule has 0 amide bonds. The molecule has 1 aliphatic rings. The summed E-state index contributed by atoms with van der Waals surface area (Å²) in [5.41, 5.74) is 7.23. The van der Waals surface area contributed by atoms with Crippen LogP contribution < -0.4 is 10.3 Å². The Morgan fingerprint density at radius 1 is 1.12 bits per heavy atom. The van der Waals surface area contributed by atoms with Crippen LogP contribution in [0.3, 0.4) is 0 Å². The molecule has 0 spiro atoms. The number of fused-ring (bicyclic) bond motifs is 2. The van der Waals surface area contributed by atoms with Crippen molar-refractivity contribution in [3.8, 4) is 11.4 Å². The summed E-state index contributed by atoms with van der Waals surface area (Å²) in [5.74, 6) is 2.28. The van der Waals surface area contributed by atoms with Gasteiger partial charge in [-0.25, -0.2) is 4.98 Å². The molecular weight excluding hydrogens is 420 g/mol. The lowest BCUT2D eigenvalue weighted by Crippen LogP contribution is -2.37. The fraction of sp³-hybridized carbons (Fsp3) is 0.217. The Bertz CT molecular complexity index is 1460. The van der Waals surface area contributed by atoms with Gasteiger partial charge in [-0.3, -0.25) is 5.43 Å². The number of anilines is 2. The summed E-state index contributed by atoms with van der Waals surface area (Å²) in [6.07, 6.45) is 3.73. The fourth-order valence-electron chi connectivity index (χ4n) is 4.01. The van der Waals surface area contributed by atoms with Gasteiger partial charge in [0.15, 0.2) is 11.5 Å². The van der Waals surface area contributed by atoms with Gasteiger partial charge in [0.2, 0.25) is 0 Å². The zero-order valence-corrected chi connectivity index (χ0v) is 18.0. The average molecular weight is 442 g/mol. The molecule has 1 fully saturated rings. The van der Waals surface area contributed by atoms with Crippen molar-refractivity contribution in [2.45, 2.75) is 6.92 Å². The van der Waals surface area contributed by atoms with E-state index in [1.54, 1.807) is 6.21 Å². The summed E-state index contributed by atoms with van der Waals surface area (Å²) in [6, 6.07) is 13.8. The molecule has 5 heterocycles. The number of hydrogen-bond acceptors (Lipinski definition) is 8. The highest BCUT2D eigenvalue weighted by molar-refractivity contribution is 5.99. The Hall–Kier alpha value is -4.18. The lowest BCUT2D eigenvalue weighted by molar-refractivity contribution is 0.122. The van der Waals surface area contributed by atoms with E-state index in [9.17, 15) is 0 Å². The van der Waals surface area contributed by atoms with Crippen molar-refractivity contribution < 1.29 is 9.26 Å². The van der Waals surface area contributed by atoms with Crippen molar-refractivity contribution in [1.82, 2.24) is 24.7 Å². The molecule has 6 rings (SSSR count). The molecule has 4 aromatic heterocycles. The minimum absolute atomic E-state index is 0.628. The van der Waals surface area contributed by atoms with Crippen molar-refractivity contribution in [3.05, 3.63) is 60.0 Å². The molecular formula is C23H22N8O2. The first-order chi connectivity index (χ1) is 16.2. The van der Waals surface area contributed by atoms with E-state index in [1.165, 1.54) is 0 Å². The Kier molecular flexibility index (Phi) is 4.76. The predicted octanol–water partition coefficient (Wildman–Crippen LogP) is 3.46. The number of benzene rings is 1. The number of hydrazone groups is 1. The van der Waals surface area contributed by atoms with Gasteiger partial charge in [0.05, 0.1) is 19.4 Å². The van der Waals surface area contributed by atoms with Gasteiger partial charge in [-0.05, 0) is 13.0 Å². The van der Waals surface area contributed by atoms with Crippen molar-refractivity contribution in [2.24, 2.45) is 5.10 Å². The molecule has 10 heteroatoms. The number of hydrogen-bond donors (Lipinski definition) is 2. The lowest BCUT2D eigenvalue weighted by Gasteiger charge is -2.29. The van der Waals surface area contributed by atoms with Gasteiger partial charge < -0.3 is 19.1 Å². The second-order valence-electron chi connectivity index (χ2n) is 7.88. The number of aromatic amines is 1. The van der Waals surface area contributed by atoms with Gasteiger partial charge in [0.25, 0.3) is 0 Å². The van der Waals surface area contributed by atoms with E-state index >= 15 is 0 Å². The van der Waals surface area contributed by atoms with Crippen LogP contribution in [0.2, 0.25) is 0 Å². The molecule has 0 radical (unpaired) electrons. The SMILES string of the molecule is Cc1cc(-c2cc3nc(N/N=C\c4c[nH]c5ccccc45)cc(N4CCOCC4)n3n2)no1. The molecule has 2 N–H and O–H groups in total. The second kappa shape index (κ2) is 8.06. The molecule has 10 nitrogen and oxygen atoms in total. The number of para-hydroxylation sites is 1.